The number of hydrogen-bond donors (Lipinski definition) is 1. The Bertz CT molecular complexity index is 1130. The largest absolute Gasteiger partial charge is 0.387 e. The van der Waals surface area contributed by atoms with Gasteiger partial charge >= 0.3 is 0 Å². The predicted octanol–water partition coefficient (Wildman–Crippen LogP) is 3.39. The number of benzene rings is 3. The molecule has 5 nitrogen and oxygen atoms in total. The number of β-amino-alcohol motifs (C(OH)–C–C–N with tert-alkyl or cyclic N) is 1. The van der Waals surface area contributed by atoms with Crippen LogP contribution in [0.25, 0.3) is 11.1 Å². The number of carbonyl (C=O) groups is 2. The standard InChI is InChI=1S/C26H24N2O3/c29-24(18-6-2-1-3-7-18)17-27-12-14-28(15-13-27)26(31)19-10-11-21-20-8-4-5-9-22(20)25(30)23(21)16-19/h1-11,16,24,29H,12-15,17H2. The highest BCUT2D eigenvalue weighted by Gasteiger charge is 2.29. The summed E-state index contributed by atoms with van der Waals surface area (Å²) in [6.45, 7) is 3.19. The van der Waals surface area contributed by atoms with Crippen molar-refractivity contribution in [3.8, 4) is 11.1 Å². The molecule has 1 amide bonds. The second-order valence-corrected chi connectivity index (χ2v) is 8.15. The molecule has 5 rings (SSSR count). The van der Waals surface area contributed by atoms with Gasteiger partial charge in [0, 0.05) is 49.4 Å². The van der Waals surface area contributed by atoms with E-state index in [0.717, 1.165) is 16.7 Å². The molecule has 1 fully saturated rings. The molecule has 1 aliphatic heterocycles. The van der Waals surface area contributed by atoms with Gasteiger partial charge in [-0.15, -0.1) is 0 Å². The van der Waals surface area contributed by atoms with Gasteiger partial charge in [0.15, 0.2) is 5.78 Å². The van der Waals surface area contributed by atoms with E-state index < -0.39 is 6.10 Å². The Morgan fingerprint density at radius 3 is 2.19 bits per heavy atom. The lowest BCUT2D eigenvalue weighted by Gasteiger charge is -2.35. The number of carbonyl (C=O) groups excluding carboxylic acids is 2. The molecular formula is C26H24N2O3. The monoisotopic (exact) mass is 412 g/mol. The molecule has 0 bridgehead atoms. The van der Waals surface area contributed by atoms with E-state index in [2.05, 4.69) is 4.90 Å². The summed E-state index contributed by atoms with van der Waals surface area (Å²) in [5, 5.41) is 10.5. The molecule has 0 saturated carbocycles. The summed E-state index contributed by atoms with van der Waals surface area (Å²) in [5.41, 5.74) is 4.61. The summed E-state index contributed by atoms with van der Waals surface area (Å²) in [6, 6.07) is 22.7. The van der Waals surface area contributed by atoms with Crippen LogP contribution in [0.2, 0.25) is 0 Å². The normalized spacial score (nSPS) is 16.7. The SMILES string of the molecule is O=C1c2ccccc2-c2ccc(C(=O)N3CCN(CC(O)c4ccccc4)CC3)cc21. The molecule has 1 unspecified atom stereocenters. The number of rotatable bonds is 4. The number of hydrogen-bond acceptors (Lipinski definition) is 4. The minimum atomic E-state index is -0.534. The number of aliphatic hydroxyl groups is 1. The van der Waals surface area contributed by atoms with Crippen molar-refractivity contribution in [3.63, 3.8) is 0 Å². The molecule has 0 spiro atoms. The first-order chi connectivity index (χ1) is 15.1. The van der Waals surface area contributed by atoms with Crippen molar-refractivity contribution >= 4 is 11.7 Å². The van der Waals surface area contributed by atoms with Crippen molar-refractivity contribution in [2.45, 2.75) is 6.10 Å². The van der Waals surface area contributed by atoms with Crippen LogP contribution in [0.3, 0.4) is 0 Å². The highest BCUT2D eigenvalue weighted by Crippen LogP contribution is 2.36. The van der Waals surface area contributed by atoms with Crippen molar-refractivity contribution < 1.29 is 14.7 Å². The van der Waals surface area contributed by atoms with Crippen LogP contribution < -0.4 is 0 Å². The zero-order valence-corrected chi connectivity index (χ0v) is 17.2. The summed E-state index contributed by atoms with van der Waals surface area (Å²) in [7, 11) is 0. The predicted molar refractivity (Wildman–Crippen MR) is 119 cm³/mol. The van der Waals surface area contributed by atoms with E-state index in [1.807, 2.05) is 71.6 Å². The Morgan fingerprint density at radius 1 is 0.806 bits per heavy atom. The number of ketones is 1. The second-order valence-electron chi connectivity index (χ2n) is 8.15. The van der Waals surface area contributed by atoms with E-state index in [1.54, 1.807) is 6.07 Å². The zero-order chi connectivity index (χ0) is 21.4. The molecule has 31 heavy (non-hydrogen) atoms. The van der Waals surface area contributed by atoms with Crippen LogP contribution in [0.5, 0.6) is 0 Å². The molecule has 0 aromatic heterocycles. The van der Waals surface area contributed by atoms with Crippen molar-refractivity contribution in [2.75, 3.05) is 32.7 Å². The van der Waals surface area contributed by atoms with Crippen LogP contribution in [-0.2, 0) is 0 Å². The molecule has 1 saturated heterocycles. The van der Waals surface area contributed by atoms with Crippen LogP contribution in [0.4, 0.5) is 0 Å². The average molecular weight is 412 g/mol. The third-order valence-corrected chi connectivity index (χ3v) is 6.25. The van der Waals surface area contributed by atoms with E-state index in [4.69, 9.17) is 0 Å². The summed E-state index contributed by atoms with van der Waals surface area (Å²) in [6.07, 6.45) is -0.534. The Labute approximate surface area is 181 Å². The van der Waals surface area contributed by atoms with Gasteiger partial charge in [-0.25, -0.2) is 0 Å². The van der Waals surface area contributed by atoms with Gasteiger partial charge in [-0.1, -0.05) is 60.7 Å². The Kier molecular flexibility index (Phi) is 5.14. The van der Waals surface area contributed by atoms with Crippen LogP contribution >= 0.6 is 0 Å². The highest BCUT2D eigenvalue weighted by molar-refractivity contribution is 6.22. The zero-order valence-electron chi connectivity index (χ0n) is 17.2. The third-order valence-electron chi connectivity index (χ3n) is 6.25. The maximum atomic E-state index is 13.1. The fourth-order valence-electron chi connectivity index (χ4n) is 4.50. The van der Waals surface area contributed by atoms with Crippen LogP contribution in [0, 0.1) is 0 Å². The Morgan fingerprint density at radius 2 is 1.45 bits per heavy atom. The molecular weight excluding hydrogens is 388 g/mol. The molecule has 1 heterocycles. The molecule has 1 atom stereocenters. The van der Waals surface area contributed by atoms with Gasteiger partial charge < -0.3 is 10.0 Å². The van der Waals surface area contributed by atoms with Crippen molar-refractivity contribution in [1.29, 1.82) is 0 Å². The van der Waals surface area contributed by atoms with Gasteiger partial charge in [0.1, 0.15) is 0 Å². The molecule has 1 aliphatic carbocycles. The quantitative estimate of drug-likeness (QED) is 0.558. The lowest BCUT2D eigenvalue weighted by Crippen LogP contribution is -2.49. The van der Waals surface area contributed by atoms with Gasteiger partial charge in [0.25, 0.3) is 5.91 Å². The van der Waals surface area contributed by atoms with Crippen molar-refractivity contribution in [1.82, 2.24) is 9.80 Å². The van der Waals surface area contributed by atoms with Gasteiger partial charge in [0.05, 0.1) is 6.10 Å². The summed E-state index contributed by atoms with van der Waals surface area (Å²) in [5.74, 6) is -0.0604. The number of fused-ring (bicyclic) bond motifs is 3. The fourth-order valence-corrected chi connectivity index (χ4v) is 4.50. The van der Waals surface area contributed by atoms with E-state index >= 15 is 0 Å². The van der Waals surface area contributed by atoms with Crippen LogP contribution in [0.15, 0.2) is 72.8 Å². The second kappa shape index (κ2) is 8.10. The lowest BCUT2D eigenvalue weighted by atomic mass is 10.0. The van der Waals surface area contributed by atoms with E-state index in [1.165, 1.54) is 0 Å². The minimum absolute atomic E-state index is 0.0139. The molecule has 5 heteroatoms. The first kappa shape index (κ1) is 19.7. The van der Waals surface area contributed by atoms with Gasteiger partial charge in [0.2, 0.25) is 0 Å². The number of aliphatic hydroxyl groups excluding tert-OH is 1. The fraction of sp³-hybridized carbons (Fsp3) is 0.231. The lowest BCUT2D eigenvalue weighted by molar-refractivity contribution is 0.0527. The molecule has 3 aromatic rings. The van der Waals surface area contributed by atoms with Crippen LogP contribution in [0.1, 0.15) is 37.9 Å². The van der Waals surface area contributed by atoms with Gasteiger partial charge in [-0.2, -0.15) is 0 Å². The third kappa shape index (κ3) is 3.67. The van der Waals surface area contributed by atoms with Gasteiger partial charge in [-0.05, 0) is 28.8 Å². The van der Waals surface area contributed by atoms with Crippen molar-refractivity contribution in [3.05, 3.63) is 95.1 Å². The first-order valence-corrected chi connectivity index (χ1v) is 10.6. The van der Waals surface area contributed by atoms with E-state index in [0.29, 0.717) is 49.4 Å². The van der Waals surface area contributed by atoms with Gasteiger partial charge in [-0.3, -0.25) is 14.5 Å². The highest BCUT2D eigenvalue weighted by atomic mass is 16.3. The van der Waals surface area contributed by atoms with Crippen molar-refractivity contribution in [2.24, 2.45) is 0 Å². The number of piperazine rings is 1. The Balaban J connectivity index is 1.24. The summed E-state index contributed by atoms with van der Waals surface area (Å²) < 4.78 is 0. The van der Waals surface area contributed by atoms with E-state index in [9.17, 15) is 14.7 Å². The maximum absolute atomic E-state index is 13.1. The summed E-state index contributed by atoms with van der Waals surface area (Å²) >= 11 is 0. The molecule has 0 radical (unpaired) electrons. The summed E-state index contributed by atoms with van der Waals surface area (Å²) in [4.78, 5) is 29.8. The Hall–Kier alpha value is -3.28. The average Bonchev–Trinajstić information content (AvgIpc) is 3.11. The topological polar surface area (TPSA) is 60.9 Å². The minimum Gasteiger partial charge on any atom is -0.387 e. The van der Waals surface area contributed by atoms with E-state index in [-0.39, 0.29) is 11.7 Å². The number of nitrogens with zero attached hydrogens (tertiary/aromatic N) is 2. The maximum Gasteiger partial charge on any atom is 0.253 e. The molecule has 3 aromatic carbocycles. The smallest absolute Gasteiger partial charge is 0.253 e. The molecule has 1 N–H and O–H groups in total. The molecule has 2 aliphatic rings. The first-order valence-electron chi connectivity index (χ1n) is 10.6. The molecule has 156 valence electrons. The number of amides is 1. The van der Waals surface area contributed by atoms with Crippen LogP contribution in [-0.4, -0.2) is 59.3 Å².